The molecular weight excluding hydrogens is 238 g/mol. The Kier molecular flexibility index (Phi) is 6.58. The van der Waals surface area contributed by atoms with Gasteiger partial charge >= 0.3 is 5.97 Å². The van der Waals surface area contributed by atoms with Crippen LogP contribution in [0.2, 0.25) is 0 Å². The van der Waals surface area contributed by atoms with Crippen molar-refractivity contribution < 1.29 is 9.53 Å². The predicted octanol–water partition coefficient (Wildman–Crippen LogP) is 3.40. The molecule has 3 nitrogen and oxygen atoms in total. The van der Waals surface area contributed by atoms with Crippen molar-refractivity contribution in [2.24, 2.45) is 10.9 Å². The number of esters is 1. The third-order valence-corrected chi connectivity index (χ3v) is 3.00. The number of nitrogens with zero attached hydrogens (tertiary/aromatic N) is 1. The summed E-state index contributed by atoms with van der Waals surface area (Å²) in [6.07, 6.45) is 3.28. The lowest BCUT2D eigenvalue weighted by Gasteiger charge is -2.13. The first-order valence-electron chi connectivity index (χ1n) is 6.42. The van der Waals surface area contributed by atoms with Crippen LogP contribution < -0.4 is 0 Å². The fourth-order valence-corrected chi connectivity index (χ4v) is 1.83. The first kappa shape index (κ1) is 15.2. The van der Waals surface area contributed by atoms with Crippen LogP contribution in [0, 0.1) is 5.92 Å². The number of allylic oxidation sites excluding steroid dienone is 1. The summed E-state index contributed by atoms with van der Waals surface area (Å²) in [7, 11) is 1.41. The van der Waals surface area contributed by atoms with E-state index in [2.05, 4.69) is 11.6 Å². The molecule has 3 heteroatoms. The summed E-state index contributed by atoms with van der Waals surface area (Å²) in [6, 6.07) is 9.98. The summed E-state index contributed by atoms with van der Waals surface area (Å²) in [5.41, 5.74) is 1.95. The van der Waals surface area contributed by atoms with Crippen molar-refractivity contribution in [3.63, 3.8) is 0 Å². The Hall–Kier alpha value is -1.90. The lowest BCUT2D eigenvalue weighted by molar-refractivity contribution is -0.143. The minimum Gasteiger partial charge on any atom is -0.469 e. The zero-order chi connectivity index (χ0) is 14.1. The molecule has 0 heterocycles. The van der Waals surface area contributed by atoms with Gasteiger partial charge in [0.25, 0.3) is 0 Å². The summed E-state index contributed by atoms with van der Waals surface area (Å²) < 4.78 is 4.83. The van der Waals surface area contributed by atoms with Crippen molar-refractivity contribution in [2.45, 2.75) is 26.3 Å². The van der Waals surface area contributed by atoms with Crippen molar-refractivity contribution >= 4 is 11.7 Å². The van der Waals surface area contributed by atoms with E-state index < -0.39 is 0 Å². The maximum absolute atomic E-state index is 11.7. The van der Waals surface area contributed by atoms with Gasteiger partial charge < -0.3 is 4.74 Å². The molecule has 0 saturated carbocycles. The number of methoxy groups -OCH3 is 1. The summed E-state index contributed by atoms with van der Waals surface area (Å²) >= 11 is 0. The van der Waals surface area contributed by atoms with E-state index in [-0.39, 0.29) is 11.9 Å². The monoisotopic (exact) mass is 259 g/mol. The zero-order valence-electron chi connectivity index (χ0n) is 11.6. The topological polar surface area (TPSA) is 38.7 Å². The third-order valence-electron chi connectivity index (χ3n) is 3.00. The quantitative estimate of drug-likeness (QED) is 0.427. The number of benzene rings is 1. The van der Waals surface area contributed by atoms with Gasteiger partial charge in [0.15, 0.2) is 0 Å². The Bertz CT molecular complexity index is 437. The maximum Gasteiger partial charge on any atom is 0.314 e. The largest absolute Gasteiger partial charge is 0.469 e. The fraction of sp³-hybridized carbons (Fsp3) is 0.375. The molecule has 0 amide bonds. The van der Waals surface area contributed by atoms with Gasteiger partial charge in [-0.25, -0.2) is 0 Å². The maximum atomic E-state index is 11.7. The van der Waals surface area contributed by atoms with E-state index in [1.54, 1.807) is 6.08 Å². The van der Waals surface area contributed by atoms with Gasteiger partial charge in [-0.1, -0.05) is 36.4 Å². The van der Waals surface area contributed by atoms with Gasteiger partial charge in [0, 0.05) is 5.71 Å². The highest BCUT2D eigenvalue weighted by atomic mass is 16.5. The van der Waals surface area contributed by atoms with Crippen molar-refractivity contribution in [1.29, 1.82) is 0 Å². The zero-order valence-corrected chi connectivity index (χ0v) is 11.6. The molecule has 0 spiro atoms. The van der Waals surface area contributed by atoms with E-state index in [0.29, 0.717) is 13.0 Å². The first-order chi connectivity index (χ1) is 9.19. The molecule has 0 aliphatic carbocycles. The van der Waals surface area contributed by atoms with Crippen LogP contribution in [0.3, 0.4) is 0 Å². The number of carbonyl (C=O) groups is 1. The van der Waals surface area contributed by atoms with Crippen molar-refractivity contribution in [3.05, 3.63) is 48.6 Å². The Balaban J connectivity index is 2.71. The van der Waals surface area contributed by atoms with E-state index in [1.165, 1.54) is 7.11 Å². The summed E-state index contributed by atoms with van der Waals surface area (Å²) in [4.78, 5) is 16.2. The molecule has 0 aliphatic heterocycles. The molecule has 1 rings (SSSR count). The van der Waals surface area contributed by atoms with Crippen LogP contribution >= 0.6 is 0 Å². The van der Waals surface area contributed by atoms with Gasteiger partial charge in [0.2, 0.25) is 0 Å². The number of hydrogen-bond acceptors (Lipinski definition) is 3. The first-order valence-corrected chi connectivity index (χ1v) is 6.42. The highest BCUT2D eigenvalue weighted by molar-refractivity contribution is 6.00. The average Bonchev–Trinajstić information content (AvgIpc) is 2.46. The molecule has 0 saturated heterocycles. The van der Waals surface area contributed by atoms with Crippen LogP contribution in [0.15, 0.2) is 48.0 Å². The Morgan fingerprint density at radius 3 is 2.68 bits per heavy atom. The highest BCUT2D eigenvalue weighted by Crippen LogP contribution is 2.13. The second-order valence-electron chi connectivity index (χ2n) is 4.38. The minimum atomic E-state index is -0.272. The molecule has 0 aliphatic rings. The van der Waals surface area contributed by atoms with Crippen LogP contribution in [0.5, 0.6) is 0 Å². The number of hydrogen-bond donors (Lipinski definition) is 0. The molecule has 1 unspecified atom stereocenters. The lowest BCUT2D eigenvalue weighted by Crippen LogP contribution is -2.23. The van der Waals surface area contributed by atoms with Crippen LogP contribution in [0.1, 0.15) is 25.3 Å². The predicted molar refractivity (Wildman–Crippen MR) is 78.2 cm³/mol. The number of ether oxygens (including phenoxy) is 1. The Morgan fingerprint density at radius 2 is 2.11 bits per heavy atom. The number of aliphatic imine (C=N–C) groups is 1. The van der Waals surface area contributed by atoms with Crippen molar-refractivity contribution in [2.75, 3.05) is 7.11 Å². The number of carbonyl (C=O) groups excluding carboxylic acids is 1. The summed E-state index contributed by atoms with van der Waals surface area (Å²) in [5, 5.41) is 0. The van der Waals surface area contributed by atoms with Crippen LogP contribution in [-0.2, 0) is 16.1 Å². The molecule has 1 aromatic rings. The average molecular weight is 259 g/mol. The Morgan fingerprint density at radius 1 is 1.42 bits per heavy atom. The fourth-order valence-electron chi connectivity index (χ4n) is 1.83. The van der Waals surface area contributed by atoms with Gasteiger partial charge in [-0.2, -0.15) is 0 Å². The van der Waals surface area contributed by atoms with Gasteiger partial charge in [0.1, 0.15) is 0 Å². The third kappa shape index (κ3) is 5.08. The van der Waals surface area contributed by atoms with Crippen LogP contribution in [0.4, 0.5) is 0 Å². The van der Waals surface area contributed by atoms with Crippen LogP contribution in [0.25, 0.3) is 0 Å². The van der Waals surface area contributed by atoms with Crippen molar-refractivity contribution in [3.8, 4) is 0 Å². The van der Waals surface area contributed by atoms with Gasteiger partial charge in [0.05, 0.1) is 19.6 Å². The molecule has 0 fully saturated rings. The van der Waals surface area contributed by atoms with E-state index in [1.807, 2.05) is 37.3 Å². The van der Waals surface area contributed by atoms with E-state index in [9.17, 15) is 4.79 Å². The SMILES string of the molecule is C=CCCC(C(=O)OC)C(C)=NCc1ccccc1. The standard InChI is InChI=1S/C16H21NO2/c1-4-5-11-15(16(18)19-3)13(2)17-12-14-9-7-6-8-10-14/h4,6-10,15H,1,5,11-12H2,2-3H3. The molecule has 0 bridgehead atoms. The summed E-state index contributed by atoms with van der Waals surface area (Å²) in [6.45, 7) is 6.15. The molecule has 0 aromatic heterocycles. The van der Waals surface area contributed by atoms with Crippen molar-refractivity contribution in [1.82, 2.24) is 0 Å². The van der Waals surface area contributed by atoms with E-state index >= 15 is 0 Å². The Labute approximate surface area is 115 Å². The lowest BCUT2D eigenvalue weighted by atomic mass is 9.98. The second-order valence-corrected chi connectivity index (χ2v) is 4.38. The number of rotatable bonds is 7. The highest BCUT2D eigenvalue weighted by Gasteiger charge is 2.21. The van der Waals surface area contributed by atoms with E-state index in [4.69, 9.17) is 4.74 Å². The molecule has 102 valence electrons. The van der Waals surface area contributed by atoms with Crippen LogP contribution in [-0.4, -0.2) is 18.8 Å². The van der Waals surface area contributed by atoms with Gasteiger partial charge in [-0.3, -0.25) is 9.79 Å². The minimum absolute atomic E-state index is 0.226. The van der Waals surface area contributed by atoms with Gasteiger partial charge in [-0.05, 0) is 25.3 Å². The molecular formula is C16H21NO2. The van der Waals surface area contributed by atoms with Gasteiger partial charge in [-0.15, -0.1) is 6.58 Å². The molecule has 19 heavy (non-hydrogen) atoms. The van der Waals surface area contributed by atoms with E-state index in [0.717, 1.165) is 17.7 Å². The smallest absolute Gasteiger partial charge is 0.314 e. The molecule has 1 aromatic carbocycles. The molecule has 0 radical (unpaired) electrons. The molecule has 1 atom stereocenters. The normalized spacial score (nSPS) is 12.8. The summed E-state index contributed by atoms with van der Waals surface area (Å²) in [5.74, 6) is -0.497. The molecule has 0 N–H and O–H groups in total. The second kappa shape index (κ2) is 8.25.